The molecule has 1 heterocycles. The summed E-state index contributed by atoms with van der Waals surface area (Å²) in [6, 6.07) is 14.1. The number of amides is 3. The lowest BCUT2D eigenvalue weighted by Gasteiger charge is -2.32. The van der Waals surface area contributed by atoms with E-state index in [4.69, 9.17) is 9.15 Å². The van der Waals surface area contributed by atoms with Crippen molar-refractivity contribution in [1.29, 1.82) is 0 Å². The summed E-state index contributed by atoms with van der Waals surface area (Å²) in [4.78, 5) is 41.0. The highest BCUT2D eigenvalue weighted by Gasteiger charge is 2.34. The topological polar surface area (TPSA) is 101 Å². The number of furan rings is 1. The summed E-state index contributed by atoms with van der Waals surface area (Å²) in [5.74, 6) is -1.41. The summed E-state index contributed by atoms with van der Waals surface area (Å²) in [6.07, 6.45) is 5.10. The van der Waals surface area contributed by atoms with Crippen LogP contribution in [0.25, 0.3) is 0 Å². The Labute approximate surface area is 208 Å². The van der Waals surface area contributed by atoms with Gasteiger partial charge in [-0.1, -0.05) is 31.0 Å². The fourth-order valence-electron chi connectivity index (χ4n) is 4.35. The van der Waals surface area contributed by atoms with Crippen LogP contribution in [-0.4, -0.2) is 37.4 Å². The minimum absolute atomic E-state index is 0.00126. The third-order valence-corrected chi connectivity index (χ3v) is 6.14. The molecule has 1 saturated carbocycles. The molecule has 0 bridgehead atoms. The zero-order chi connectivity index (χ0) is 25.5. The van der Waals surface area contributed by atoms with Crippen molar-refractivity contribution < 1.29 is 27.9 Å². The molecule has 1 aromatic heterocycles. The van der Waals surface area contributed by atoms with Crippen molar-refractivity contribution in [2.45, 2.75) is 37.8 Å². The highest BCUT2D eigenvalue weighted by Crippen LogP contribution is 2.31. The molecule has 188 valence electrons. The predicted molar refractivity (Wildman–Crippen MR) is 131 cm³/mol. The Kier molecular flexibility index (Phi) is 7.99. The number of carbonyl (C=O) groups excluding carboxylic acids is 3. The number of nitrogens with zero attached hydrogens (tertiary/aromatic N) is 1. The van der Waals surface area contributed by atoms with Crippen LogP contribution in [0.3, 0.4) is 0 Å². The first-order chi connectivity index (χ1) is 17.5. The zero-order valence-corrected chi connectivity index (χ0v) is 19.9. The van der Waals surface area contributed by atoms with Gasteiger partial charge < -0.3 is 19.8 Å². The number of methoxy groups -OCH3 is 1. The first-order valence-electron chi connectivity index (χ1n) is 11.8. The number of nitrogens with one attached hydrogen (secondary N) is 2. The maximum Gasteiger partial charge on any atom is 0.287 e. The minimum Gasteiger partial charge on any atom is -0.497 e. The van der Waals surface area contributed by atoms with Gasteiger partial charge >= 0.3 is 0 Å². The van der Waals surface area contributed by atoms with Gasteiger partial charge in [0.25, 0.3) is 5.91 Å². The van der Waals surface area contributed by atoms with Crippen LogP contribution in [0.4, 0.5) is 10.1 Å². The summed E-state index contributed by atoms with van der Waals surface area (Å²) in [7, 11) is 1.50. The number of halogens is 1. The second-order valence-corrected chi connectivity index (χ2v) is 8.57. The van der Waals surface area contributed by atoms with Gasteiger partial charge in [0.2, 0.25) is 11.8 Å². The van der Waals surface area contributed by atoms with Crippen LogP contribution in [-0.2, 0) is 9.59 Å². The predicted octanol–water partition coefficient (Wildman–Crippen LogP) is 3.99. The van der Waals surface area contributed by atoms with E-state index in [9.17, 15) is 18.8 Å². The van der Waals surface area contributed by atoms with Crippen molar-refractivity contribution >= 4 is 23.4 Å². The number of rotatable bonds is 9. The first kappa shape index (κ1) is 25.0. The standard InChI is InChI=1S/C27H28FN3O5/c1-35-22-9-4-8-21(16-22)31(24(32)17-29-26(33)23-10-5-15-36-23)25(18-11-13-19(28)14-12-18)27(34)30-20-6-2-3-7-20/h4-5,8-16,20,25H,2-3,6-7,17H2,1H3,(H,29,33)(H,30,34). The van der Waals surface area contributed by atoms with Crippen LogP contribution in [0.15, 0.2) is 71.3 Å². The number of hydrogen-bond acceptors (Lipinski definition) is 5. The zero-order valence-electron chi connectivity index (χ0n) is 19.9. The molecule has 3 amide bonds. The molecule has 1 atom stereocenters. The summed E-state index contributed by atoms with van der Waals surface area (Å²) in [6.45, 7) is -0.398. The Bertz CT molecular complexity index is 1190. The van der Waals surface area contributed by atoms with Crippen LogP contribution < -0.4 is 20.3 Å². The molecule has 1 aliphatic rings. The van der Waals surface area contributed by atoms with Gasteiger partial charge in [0.1, 0.15) is 17.6 Å². The first-order valence-corrected chi connectivity index (χ1v) is 11.8. The van der Waals surface area contributed by atoms with Gasteiger partial charge in [-0.25, -0.2) is 4.39 Å². The Morgan fingerprint density at radius 1 is 1.08 bits per heavy atom. The molecule has 1 fully saturated rings. The van der Waals surface area contributed by atoms with E-state index in [1.807, 2.05) is 0 Å². The lowest BCUT2D eigenvalue weighted by molar-refractivity contribution is -0.126. The highest BCUT2D eigenvalue weighted by atomic mass is 19.1. The molecule has 1 unspecified atom stereocenters. The van der Waals surface area contributed by atoms with Crippen molar-refractivity contribution in [1.82, 2.24) is 10.6 Å². The van der Waals surface area contributed by atoms with Crippen LogP contribution in [0, 0.1) is 5.82 Å². The molecule has 0 saturated heterocycles. The third kappa shape index (κ3) is 5.91. The summed E-state index contributed by atoms with van der Waals surface area (Å²) < 4.78 is 24.2. The molecule has 4 rings (SSSR count). The van der Waals surface area contributed by atoms with Crippen LogP contribution in [0.1, 0.15) is 47.8 Å². The van der Waals surface area contributed by atoms with E-state index in [1.165, 1.54) is 48.6 Å². The largest absolute Gasteiger partial charge is 0.497 e. The van der Waals surface area contributed by atoms with Crippen molar-refractivity contribution in [3.05, 3.63) is 84.1 Å². The van der Waals surface area contributed by atoms with E-state index in [0.29, 0.717) is 17.0 Å². The van der Waals surface area contributed by atoms with E-state index in [0.717, 1.165) is 25.7 Å². The van der Waals surface area contributed by atoms with E-state index in [2.05, 4.69) is 10.6 Å². The van der Waals surface area contributed by atoms with E-state index in [-0.39, 0.29) is 17.7 Å². The molecule has 0 spiro atoms. The summed E-state index contributed by atoms with van der Waals surface area (Å²) in [5.41, 5.74) is 0.822. The van der Waals surface area contributed by atoms with Gasteiger partial charge in [-0.15, -0.1) is 0 Å². The molecule has 3 aromatic rings. The molecular weight excluding hydrogens is 465 g/mol. The molecule has 36 heavy (non-hydrogen) atoms. The number of hydrogen-bond donors (Lipinski definition) is 2. The molecule has 0 radical (unpaired) electrons. The van der Waals surface area contributed by atoms with E-state index >= 15 is 0 Å². The fraction of sp³-hybridized carbons (Fsp3) is 0.296. The average molecular weight is 494 g/mol. The van der Waals surface area contributed by atoms with Gasteiger partial charge in [-0.05, 0) is 54.8 Å². The summed E-state index contributed by atoms with van der Waals surface area (Å²) >= 11 is 0. The molecular formula is C27H28FN3O5. The summed E-state index contributed by atoms with van der Waals surface area (Å²) in [5, 5.41) is 5.60. The van der Waals surface area contributed by atoms with Crippen molar-refractivity contribution in [2.24, 2.45) is 0 Å². The number of benzene rings is 2. The van der Waals surface area contributed by atoms with Gasteiger partial charge in [-0.2, -0.15) is 0 Å². The van der Waals surface area contributed by atoms with Gasteiger partial charge in [-0.3, -0.25) is 19.3 Å². The Hall–Kier alpha value is -4.14. The van der Waals surface area contributed by atoms with Crippen LogP contribution in [0.5, 0.6) is 5.75 Å². The van der Waals surface area contributed by atoms with Gasteiger partial charge in [0, 0.05) is 17.8 Å². The second kappa shape index (κ2) is 11.5. The van der Waals surface area contributed by atoms with Crippen LogP contribution in [0.2, 0.25) is 0 Å². The minimum atomic E-state index is -1.11. The normalized spacial score (nSPS) is 14.2. The second-order valence-electron chi connectivity index (χ2n) is 8.57. The molecule has 9 heteroatoms. The lowest BCUT2D eigenvalue weighted by Crippen LogP contribution is -2.49. The molecule has 1 aliphatic carbocycles. The smallest absolute Gasteiger partial charge is 0.287 e. The van der Waals surface area contributed by atoms with Crippen molar-refractivity contribution in [3.63, 3.8) is 0 Å². The fourth-order valence-corrected chi connectivity index (χ4v) is 4.35. The molecule has 2 aromatic carbocycles. The molecule has 2 N–H and O–H groups in total. The van der Waals surface area contributed by atoms with Crippen molar-refractivity contribution in [2.75, 3.05) is 18.6 Å². The van der Waals surface area contributed by atoms with E-state index in [1.54, 1.807) is 30.3 Å². The maximum absolute atomic E-state index is 13.8. The van der Waals surface area contributed by atoms with Gasteiger partial charge in [0.05, 0.1) is 19.9 Å². The number of carbonyl (C=O) groups is 3. The third-order valence-electron chi connectivity index (χ3n) is 6.14. The Morgan fingerprint density at radius 3 is 2.50 bits per heavy atom. The maximum atomic E-state index is 13.8. The monoisotopic (exact) mass is 493 g/mol. The van der Waals surface area contributed by atoms with Crippen molar-refractivity contribution in [3.8, 4) is 5.75 Å². The SMILES string of the molecule is COc1cccc(N(C(=O)CNC(=O)c2ccco2)C(C(=O)NC2CCCC2)c2ccc(F)cc2)c1. The van der Waals surface area contributed by atoms with Gasteiger partial charge in [0.15, 0.2) is 5.76 Å². The Balaban J connectivity index is 1.70. The lowest BCUT2D eigenvalue weighted by atomic mass is 10.0. The average Bonchev–Trinajstić information content (AvgIpc) is 3.61. The molecule has 8 nitrogen and oxygen atoms in total. The molecule has 0 aliphatic heterocycles. The number of anilines is 1. The highest BCUT2D eigenvalue weighted by molar-refractivity contribution is 6.04. The Morgan fingerprint density at radius 2 is 1.83 bits per heavy atom. The number of ether oxygens (including phenoxy) is 1. The quantitative estimate of drug-likeness (QED) is 0.470. The van der Waals surface area contributed by atoms with E-state index < -0.39 is 30.2 Å². The van der Waals surface area contributed by atoms with Crippen LogP contribution >= 0.6 is 0 Å².